The predicted molar refractivity (Wildman–Crippen MR) is 79.8 cm³/mol. The number of nitrogens with zero attached hydrogens (tertiary/aromatic N) is 1. The third-order valence-corrected chi connectivity index (χ3v) is 4.27. The van der Waals surface area contributed by atoms with Gasteiger partial charge in [0, 0.05) is 6.42 Å². The molecule has 0 bridgehead atoms. The molecule has 1 unspecified atom stereocenters. The van der Waals surface area contributed by atoms with Gasteiger partial charge >= 0.3 is 0 Å². The van der Waals surface area contributed by atoms with E-state index < -0.39 is 5.92 Å². The molecule has 1 aromatic heterocycles. The highest BCUT2D eigenvalue weighted by Gasteiger charge is 2.32. The van der Waals surface area contributed by atoms with Crippen molar-refractivity contribution in [3.8, 4) is 5.75 Å². The second kappa shape index (κ2) is 4.66. The first-order valence-corrected chi connectivity index (χ1v) is 7.19. The number of aromatic hydroxyl groups is 1. The zero-order chi connectivity index (χ0) is 15.3. The number of hydrogen-bond acceptors (Lipinski definition) is 5. The average molecular weight is 295 g/mol. The number of carbonyl (C=O) groups is 2. The van der Waals surface area contributed by atoms with Gasteiger partial charge in [0.1, 0.15) is 23.0 Å². The Morgan fingerprint density at radius 1 is 1.18 bits per heavy atom. The summed E-state index contributed by atoms with van der Waals surface area (Å²) >= 11 is 0. The lowest BCUT2D eigenvalue weighted by Gasteiger charge is -2.17. The summed E-state index contributed by atoms with van der Waals surface area (Å²) in [5.74, 6) is -0.311. The van der Waals surface area contributed by atoms with Crippen LogP contribution in [-0.4, -0.2) is 21.8 Å². The fourth-order valence-corrected chi connectivity index (χ4v) is 3.18. The summed E-state index contributed by atoms with van der Waals surface area (Å²) in [7, 11) is 0. The van der Waals surface area contributed by atoms with E-state index >= 15 is 0 Å². The monoisotopic (exact) mass is 295 g/mol. The number of carbonyl (C=O) groups excluding carboxylic acids is 2. The normalized spacial score (nSPS) is 19.2. The lowest BCUT2D eigenvalue weighted by atomic mass is 9.83. The number of Topliss-reactive ketones (excluding diaryl/α,β-unsaturated/α-hetero) is 2. The van der Waals surface area contributed by atoms with E-state index in [2.05, 4.69) is 5.16 Å². The van der Waals surface area contributed by atoms with Gasteiger partial charge in [-0.1, -0.05) is 11.2 Å². The Hall–Kier alpha value is -2.69. The number of phenolic OH excluding ortho intramolecular Hbond substituents is 1. The maximum atomic E-state index is 12.2. The molecule has 0 amide bonds. The van der Waals surface area contributed by atoms with Crippen molar-refractivity contribution in [3.63, 3.8) is 0 Å². The molecule has 4 rings (SSSR count). The van der Waals surface area contributed by atoms with Crippen molar-refractivity contribution in [2.24, 2.45) is 0 Å². The molecule has 0 saturated heterocycles. The summed E-state index contributed by atoms with van der Waals surface area (Å²) in [5.41, 5.74) is 1.21. The van der Waals surface area contributed by atoms with Gasteiger partial charge in [-0.15, -0.1) is 0 Å². The van der Waals surface area contributed by atoms with Gasteiger partial charge in [0.05, 0.1) is 17.7 Å². The molecule has 1 saturated carbocycles. The van der Waals surface area contributed by atoms with Crippen LogP contribution in [-0.2, 0) is 9.59 Å². The van der Waals surface area contributed by atoms with Crippen molar-refractivity contribution < 1.29 is 19.2 Å². The Labute approximate surface area is 125 Å². The molecule has 1 fully saturated rings. The molecular weight excluding hydrogens is 282 g/mol. The maximum absolute atomic E-state index is 12.2. The van der Waals surface area contributed by atoms with Gasteiger partial charge in [-0.25, -0.2) is 0 Å². The molecule has 1 aliphatic carbocycles. The summed E-state index contributed by atoms with van der Waals surface area (Å²) in [6.45, 7) is 0. The average Bonchev–Trinajstić information content (AvgIpc) is 2.91. The summed E-state index contributed by atoms with van der Waals surface area (Å²) in [6.07, 6.45) is 0.856. The van der Waals surface area contributed by atoms with Gasteiger partial charge in [-0.2, -0.15) is 0 Å². The summed E-state index contributed by atoms with van der Waals surface area (Å²) in [6, 6.07) is 8.69. The zero-order valence-electron chi connectivity index (χ0n) is 11.7. The van der Waals surface area contributed by atoms with Crippen molar-refractivity contribution in [1.82, 2.24) is 5.16 Å². The molecule has 110 valence electrons. The van der Waals surface area contributed by atoms with Gasteiger partial charge < -0.3 is 9.63 Å². The molecule has 1 N–H and O–H groups in total. The first kappa shape index (κ1) is 13.0. The van der Waals surface area contributed by atoms with Crippen LogP contribution in [0.2, 0.25) is 0 Å². The summed E-state index contributed by atoms with van der Waals surface area (Å²) in [4.78, 5) is 23.6. The minimum absolute atomic E-state index is 0.0103. The molecule has 2 aromatic carbocycles. The highest BCUT2D eigenvalue weighted by atomic mass is 16.5. The van der Waals surface area contributed by atoms with Gasteiger partial charge in [-0.3, -0.25) is 9.59 Å². The molecule has 0 radical (unpaired) electrons. The van der Waals surface area contributed by atoms with Crippen LogP contribution in [0.15, 0.2) is 34.9 Å². The minimum Gasteiger partial charge on any atom is -0.508 e. The number of phenols is 1. The fourth-order valence-electron chi connectivity index (χ4n) is 3.18. The van der Waals surface area contributed by atoms with Gasteiger partial charge in [0.2, 0.25) is 0 Å². The molecule has 0 spiro atoms. The van der Waals surface area contributed by atoms with Crippen LogP contribution in [0, 0.1) is 0 Å². The largest absolute Gasteiger partial charge is 0.508 e. The van der Waals surface area contributed by atoms with Crippen molar-refractivity contribution in [2.45, 2.75) is 25.2 Å². The highest BCUT2D eigenvalue weighted by Crippen LogP contribution is 2.37. The molecular formula is C17H13NO4. The van der Waals surface area contributed by atoms with E-state index in [4.69, 9.17) is 4.52 Å². The van der Waals surface area contributed by atoms with E-state index in [-0.39, 0.29) is 23.7 Å². The van der Waals surface area contributed by atoms with Crippen molar-refractivity contribution in [1.29, 1.82) is 0 Å². The van der Waals surface area contributed by atoms with Crippen LogP contribution in [0.1, 0.15) is 30.9 Å². The Kier molecular flexibility index (Phi) is 2.76. The quantitative estimate of drug-likeness (QED) is 0.698. The zero-order valence-corrected chi connectivity index (χ0v) is 11.7. The smallest absolute Gasteiger partial charge is 0.167 e. The number of hydrogen-bond donors (Lipinski definition) is 1. The Bertz CT molecular complexity index is 925. The SMILES string of the molecule is O=C1CCC(c2noc3ccc4cc(O)ccc4c23)C(=O)C1. The Morgan fingerprint density at radius 3 is 2.86 bits per heavy atom. The van der Waals surface area contributed by atoms with E-state index in [0.29, 0.717) is 24.1 Å². The molecule has 5 nitrogen and oxygen atoms in total. The van der Waals surface area contributed by atoms with Crippen molar-refractivity contribution in [2.75, 3.05) is 0 Å². The Morgan fingerprint density at radius 2 is 2.05 bits per heavy atom. The highest BCUT2D eigenvalue weighted by molar-refractivity contribution is 6.11. The molecule has 22 heavy (non-hydrogen) atoms. The molecule has 1 atom stereocenters. The van der Waals surface area contributed by atoms with Crippen LogP contribution in [0.25, 0.3) is 21.7 Å². The van der Waals surface area contributed by atoms with Crippen LogP contribution in [0.4, 0.5) is 0 Å². The molecule has 0 aliphatic heterocycles. The maximum Gasteiger partial charge on any atom is 0.167 e. The lowest BCUT2D eigenvalue weighted by molar-refractivity contribution is -0.130. The van der Waals surface area contributed by atoms with Crippen molar-refractivity contribution in [3.05, 3.63) is 36.0 Å². The van der Waals surface area contributed by atoms with Gasteiger partial charge in [0.15, 0.2) is 5.58 Å². The molecule has 1 aliphatic rings. The summed E-state index contributed by atoms with van der Waals surface area (Å²) < 4.78 is 5.37. The van der Waals surface area contributed by atoms with Gasteiger partial charge in [-0.05, 0) is 41.5 Å². The lowest BCUT2D eigenvalue weighted by Crippen LogP contribution is -2.23. The first-order valence-electron chi connectivity index (χ1n) is 7.19. The standard InChI is InChI=1S/C17H13NO4/c19-10-2-4-12-9(7-10)1-6-15-16(12)17(18-22-15)13-5-3-11(20)8-14(13)21/h1-2,4,6-7,13,19H,3,5,8H2. The second-order valence-electron chi connectivity index (χ2n) is 5.68. The van der Waals surface area contributed by atoms with E-state index in [1.165, 1.54) is 0 Å². The third kappa shape index (κ3) is 1.89. The number of fused-ring (bicyclic) bond motifs is 3. The van der Waals surface area contributed by atoms with Crippen LogP contribution < -0.4 is 0 Å². The third-order valence-electron chi connectivity index (χ3n) is 4.27. The summed E-state index contributed by atoms with van der Waals surface area (Å²) in [5, 5.41) is 16.2. The minimum atomic E-state index is -0.390. The van der Waals surface area contributed by atoms with Crippen molar-refractivity contribution >= 4 is 33.3 Å². The molecule has 1 heterocycles. The van der Waals surface area contributed by atoms with E-state index in [1.54, 1.807) is 24.3 Å². The Balaban J connectivity index is 1.95. The van der Waals surface area contributed by atoms with E-state index in [1.807, 2.05) is 6.07 Å². The van der Waals surface area contributed by atoms with Crippen LogP contribution >= 0.6 is 0 Å². The first-order chi connectivity index (χ1) is 10.6. The van der Waals surface area contributed by atoms with Gasteiger partial charge in [0.25, 0.3) is 0 Å². The molecule has 5 heteroatoms. The number of rotatable bonds is 1. The predicted octanol–water partition coefficient (Wildman–Crippen LogP) is 3.09. The van der Waals surface area contributed by atoms with E-state index in [9.17, 15) is 14.7 Å². The topological polar surface area (TPSA) is 80.4 Å². The number of aromatic nitrogens is 1. The number of ketones is 2. The van der Waals surface area contributed by atoms with E-state index in [0.717, 1.165) is 16.2 Å². The van der Waals surface area contributed by atoms with Crippen LogP contribution in [0.3, 0.4) is 0 Å². The second-order valence-corrected chi connectivity index (χ2v) is 5.68. The number of benzene rings is 2. The molecule has 3 aromatic rings. The van der Waals surface area contributed by atoms with Crippen LogP contribution in [0.5, 0.6) is 5.75 Å². The fraction of sp³-hybridized carbons (Fsp3) is 0.235.